The van der Waals surface area contributed by atoms with E-state index in [1.165, 1.54) is 30.2 Å². The van der Waals surface area contributed by atoms with Gasteiger partial charge in [0.15, 0.2) is 16.6 Å². The Kier molecular flexibility index (Phi) is 5.36. The van der Waals surface area contributed by atoms with E-state index in [1.54, 1.807) is 12.1 Å². The summed E-state index contributed by atoms with van der Waals surface area (Å²) in [5.41, 5.74) is 2.29. The highest BCUT2D eigenvalue weighted by molar-refractivity contribution is 7.80. The number of nitrogens with one attached hydrogen (secondary N) is 1. The highest BCUT2D eigenvalue weighted by Crippen LogP contribution is 2.31. The van der Waals surface area contributed by atoms with E-state index < -0.39 is 6.61 Å². The second-order valence-corrected chi connectivity index (χ2v) is 6.09. The number of nitrogens with zero attached hydrogens (tertiary/aromatic N) is 1. The van der Waals surface area contributed by atoms with Gasteiger partial charge < -0.3 is 14.8 Å². The molecule has 1 heterocycles. The van der Waals surface area contributed by atoms with Crippen LogP contribution in [0.4, 0.5) is 14.5 Å². The van der Waals surface area contributed by atoms with Crippen LogP contribution in [0.25, 0.3) is 6.08 Å². The predicted molar refractivity (Wildman–Crippen MR) is 102 cm³/mol. The van der Waals surface area contributed by atoms with Gasteiger partial charge in [0.25, 0.3) is 5.91 Å². The van der Waals surface area contributed by atoms with Crippen molar-refractivity contribution < 1.29 is 23.0 Å². The molecule has 1 fully saturated rings. The average Bonchev–Trinajstić information content (AvgIpc) is 2.89. The first kappa shape index (κ1) is 18.8. The lowest BCUT2D eigenvalue weighted by molar-refractivity contribution is -0.113. The Bertz CT molecular complexity index is 931. The van der Waals surface area contributed by atoms with Crippen LogP contribution in [0.5, 0.6) is 11.5 Å². The maximum absolute atomic E-state index is 12.8. The molecule has 1 aliphatic rings. The molecule has 0 atom stereocenters. The Balaban J connectivity index is 1.93. The van der Waals surface area contributed by atoms with Crippen LogP contribution < -0.4 is 19.7 Å². The van der Waals surface area contributed by atoms with Gasteiger partial charge in [-0.2, -0.15) is 8.78 Å². The lowest BCUT2D eigenvalue weighted by Gasteiger charge is -2.16. The summed E-state index contributed by atoms with van der Waals surface area (Å²) in [6.45, 7) is -1.11. The van der Waals surface area contributed by atoms with Gasteiger partial charge >= 0.3 is 6.61 Å². The number of amides is 1. The number of methoxy groups -OCH3 is 1. The summed E-state index contributed by atoms with van der Waals surface area (Å²) in [5.74, 6) is -0.285. The maximum atomic E-state index is 12.8. The zero-order chi connectivity index (χ0) is 19.6. The quantitative estimate of drug-likeness (QED) is 0.621. The maximum Gasteiger partial charge on any atom is 0.387 e. The zero-order valence-corrected chi connectivity index (χ0v) is 15.3. The number of benzene rings is 2. The van der Waals surface area contributed by atoms with E-state index in [2.05, 4.69) is 10.1 Å². The molecule has 2 aromatic rings. The topological polar surface area (TPSA) is 50.8 Å². The molecule has 2 aromatic carbocycles. The number of para-hydroxylation sites is 1. The first-order valence-electron chi connectivity index (χ1n) is 7.96. The summed E-state index contributed by atoms with van der Waals surface area (Å²) in [6, 6.07) is 11.8. The van der Waals surface area contributed by atoms with Crippen LogP contribution in [0.15, 0.2) is 48.2 Å². The molecule has 0 saturated carbocycles. The van der Waals surface area contributed by atoms with E-state index in [9.17, 15) is 13.6 Å². The number of alkyl halides is 2. The summed E-state index contributed by atoms with van der Waals surface area (Å²) < 4.78 is 34.6. The van der Waals surface area contributed by atoms with Gasteiger partial charge in [0.1, 0.15) is 5.70 Å². The van der Waals surface area contributed by atoms with Crippen LogP contribution in [0.1, 0.15) is 11.1 Å². The molecular weight excluding hydrogens is 374 g/mol. The molecule has 1 saturated heterocycles. The summed E-state index contributed by atoms with van der Waals surface area (Å²) in [6.07, 6.45) is 1.52. The molecule has 140 valence electrons. The third-order valence-corrected chi connectivity index (χ3v) is 4.23. The first-order chi connectivity index (χ1) is 12.9. The third kappa shape index (κ3) is 3.90. The number of anilines is 1. The van der Waals surface area contributed by atoms with Crippen LogP contribution in [-0.2, 0) is 4.79 Å². The zero-order valence-electron chi connectivity index (χ0n) is 14.5. The Morgan fingerprint density at radius 2 is 1.93 bits per heavy atom. The fraction of sp³-hybridized carbons (Fsp3) is 0.158. The summed E-state index contributed by atoms with van der Waals surface area (Å²) in [4.78, 5) is 14.2. The standard InChI is InChI=1S/C19H16F2N2O3S/c1-11-5-3-4-6-14(11)23-17(24)13(22-19(23)27)9-12-7-8-15(25-2)16(10-12)26-18(20)21/h3-10,18H,1-2H3,(H,22,27)/b13-9-. The highest BCUT2D eigenvalue weighted by Gasteiger charge is 2.32. The van der Waals surface area contributed by atoms with Crippen molar-refractivity contribution in [3.05, 3.63) is 59.3 Å². The molecule has 0 aromatic heterocycles. The minimum Gasteiger partial charge on any atom is -0.493 e. The van der Waals surface area contributed by atoms with Crippen molar-refractivity contribution >= 4 is 35.0 Å². The molecule has 0 radical (unpaired) electrons. The van der Waals surface area contributed by atoms with Gasteiger partial charge in [-0.3, -0.25) is 9.69 Å². The first-order valence-corrected chi connectivity index (χ1v) is 8.37. The van der Waals surface area contributed by atoms with Crippen molar-refractivity contribution in [1.82, 2.24) is 5.32 Å². The van der Waals surface area contributed by atoms with Crippen LogP contribution in [0.2, 0.25) is 0 Å². The lowest BCUT2D eigenvalue weighted by Crippen LogP contribution is -2.30. The van der Waals surface area contributed by atoms with Crippen LogP contribution in [0, 0.1) is 6.92 Å². The molecular formula is C19H16F2N2O3S. The highest BCUT2D eigenvalue weighted by atomic mass is 32.1. The van der Waals surface area contributed by atoms with Gasteiger partial charge in [-0.15, -0.1) is 0 Å². The molecule has 0 spiro atoms. The summed E-state index contributed by atoms with van der Waals surface area (Å²) in [7, 11) is 1.35. The van der Waals surface area contributed by atoms with Gasteiger partial charge in [-0.1, -0.05) is 24.3 Å². The van der Waals surface area contributed by atoms with E-state index in [0.717, 1.165) is 5.56 Å². The molecule has 0 aliphatic carbocycles. The van der Waals surface area contributed by atoms with Gasteiger partial charge in [0, 0.05) is 0 Å². The van der Waals surface area contributed by atoms with E-state index in [-0.39, 0.29) is 28.2 Å². The number of ether oxygens (including phenoxy) is 2. The summed E-state index contributed by atoms with van der Waals surface area (Å²) in [5, 5.41) is 3.11. The number of thiocarbonyl (C=S) groups is 1. The van der Waals surface area contributed by atoms with Crippen LogP contribution in [0.3, 0.4) is 0 Å². The normalized spacial score (nSPS) is 15.4. The molecule has 0 bridgehead atoms. The van der Waals surface area contributed by atoms with Crippen LogP contribution >= 0.6 is 12.2 Å². The monoisotopic (exact) mass is 390 g/mol. The Morgan fingerprint density at radius 1 is 1.19 bits per heavy atom. The number of hydrogen-bond acceptors (Lipinski definition) is 4. The van der Waals surface area contributed by atoms with Crippen molar-refractivity contribution in [3.63, 3.8) is 0 Å². The number of halogens is 2. The molecule has 3 rings (SSSR count). The number of carbonyl (C=O) groups excluding carboxylic acids is 1. The lowest BCUT2D eigenvalue weighted by atomic mass is 10.1. The van der Waals surface area contributed by atoms with Crippen molar-refractivity contribution in [2.75, 3.05) is 12.0 Å². The molecule has 1 aliphatic heterocycles. The Hall–Kier alpha value is -3.00. The largest absolute Gasteiger partial charge is 0.493 e. The fourth-order valence-corrected chi connectivity index (χ4v) is 3.00. The number of hydrogen-bond donors (Lipinski definition) is 1. The molecule has 1 N–H and O–H groups in total. The SMILES string of the molecule is COc1ccc(/C=C2\NC(=S)N(c3ccccc3C)C2=O)cc1OC(F)F. The van der Waals surface area contributed by atoms with Crippen molar-refractivity contribution in [2.24, 2.45) is 0 Å². The number of carbonyl (C=O) groups is 1. The molecule has 0 unspecified atom stereocenters. The second-order valence-electron chi connectivity index (χ2n) is 5.70. The minimum atomic E-state index is -2.99. The van der Waals surface area contributed by atoms with Crippen molar-refractivity contribution in [2.45, 2.75) is 13.5 Å². The molecule has 8 heteroatoms. The fourth-order valence-electron chi connectivity index (χ4n) is 2.71. The molecule has 5 nitrogen and oxygen atoms in total. The Labute approximate surface area is 160 Å². The average molecular weight is 390 g/mol. The number of rotatable bonds is 5. The summed E-state index contributed by atoms with van der Waals surface area (Å²) >= 11 is 5.28. The van der Waals surface area contributed by atoms with Crippen LogP contribution in [-0.4, -0.2) is 24.7 Å². The number of aryl methyl sites for hydroxylation is 1. The van der Waals surface area contributed by atoms with E-state index in [1.807, 2.05) is 25.1 Å². The van der Waals surface area contributed by atoms with Gasteiger partial charge in [-0.05, 0) is 54.5 Å². The van der Waals surface area contributed by atoms with E-state index >= 15 is 0 Å². The smallest absolute Gasteiger partial charge is 0.387 e. The second kappa shape index (κ2) is 7.71. The van der Waals surface area contributed by atoms with Gasteiger partial charge in [0.05, 0.1) is 12.8 Å². The predicted octanol–water partition coefficient (Wildman–Crippen LogP) is 3.87. The Morgan fingerprint density at radius 3 is 2.59 bits per heavy atom. The minimum absolute atomic E-state index is 0.120. The van der Waals surface area contributed by atoms with E-state index in [4.69, 9.17) is 17.0 Å². The molecule has 1 amide bonds. The third-order valence-electron chi connectivity index (χ3n) is 3.95. The van der Waals surface area contributed by atoms with Gasteiger partial charge in [0.2, 0.25) is 0 Å². The van der Waals surface area contributed by atoms with Gasteiger partial charge in [-0.25, -0.2) is 0 Å². The van der Waals surface area contributed by atoms with Crippen molar-refractivity contribution in [1.29, 1.82) is 0 Å². The van der Waals surface area contributed by atoms with E-state index in [0.29, 0.717) is 11.3 Å². The van der Waals surface area contributed by atoms with Crippen molar-refractivity contribution in [3.8, 4) is 11.5 Å². The molecule has 27 heavy (non-hydrogen) atoms.